The molecule has 0 heterocycles. The van der Waals surface area contributed by atoms with Crippen molar-refractivity contribution in [3.8, 4) is 11.5 Å². The molecular weight excluding hydrogens is 368 g/mol. The molecule has 2 rings (SSSR count). The Morgan fingerprint density at radius 2 is 1.70 bits per heavy atom. The predicted octanol–water partition coefficient (Wildman–Crippen LogP) is 3.60. The average Bonchev–Trinajstić information content (AvgIpc) is 2.66. The molecule has 0 aromatic heterocycles. The highest BCUT2D eigenvalue weighted by Gasteiger charge is 2.12. The van der Waals surface area contributed by atoms with Gasteiger partial charge in [-0.05, 0) is 36.4 Å². The molecule has 7 heteroatoms. The second-order valence-electron chi connectivity index (χ2n) is 5.81. The molecule has 0 aliphatic heterocycles. The molecule has 1 N–H and O–H groups in total. The van der Waals surface area contributed by atoms with Crippen molar-refractivity contribution >= 4 is 29.1 Å². The number of para-hydroxylation sites is 1. The van der Waals surface area contributed by atoms with E-state index in [1.165, 1.54) is 6.92 Å². The number of carbonyl (C=O) groups is 2. The van der Waals surface area contributed by atoms with Crippen LogP contribution in [-0.4, -0.2) is 43.5 Å². The van der Waals surface area contributed by atoms with Gasteiger partial charge in [-0.15, -0.1) is 0 Å². The molecule has 2 aromatic rings. The Bertz CT molecular complexity index is 765. The van der Waals surface area contributed by atoms with Gasteiger partial charge >= 0.3 is 0 Å². The van der Waals surface area contributed by atoms with Crippen LogP contribution in [0.15, 0.2) is 48.5 Å². The van der Waals surface area contributed by atoms with Gasteiger partial charge in [0.15, 0.2) is 0 Å². The van der Waals surface area contributed by atoms with Crippen LogP contribution in [-0.2, 0) is 9.59 Å². The van der Waals surface area contributed by atoms with E-state index in [2.05, 4.69) is 5.32 Å². The van der Waals surface area contributed by atoms with Crippen LogP contribution in [0.4, 0.5) is 5.69 Å². The van der Waals surface area contributed by atoms with E-state index < -0.39 is 0 Å². The Labute approximate surface area is 164 Å². The van der Waals surface area contributed by atoms with E-state index in [1.54, 1.807) is 60.5 Å². The summed E-state index contributed by atoms with van der Waals surface area (Å²) in [6.07, 6.45) is 0.174. The van der Waals surface area contributed by atoms with Gasteiger partial charge in [-0.3, -0.25) is 9.59 Å². The van der Waals surface area contributed by atoms with Gasteiger partial charge in [0.1, 0.15) is 18.1 Å². The molecule has 0 aliphatic carbocycles. The third kappa shape index (κ3) is 6.83. The zero-order valence-corrected chi connectivity index (χ0v) is 16.2. The maximum Gasteiger partial charge on any atom is 0.226 e. The molecule has 0 atom stereocenters. The third-order valence-electron chi connectivity index (χ3n) is 3.89. The predicted molar refractivity (Wildman–Crippen MR) is 105 cm³/mol. The van der Waals surface area contributed by atoms with Gasteiger partial charge in [0.25, 0.3) is 0 Å². The van der Waals surface area contributed by atoms with Crippen molar-refractivity contribution < 1.29 is 19.1 Å². The lowest BCUT2D eigenvalue weighted by molar-refractivity contribution is -0.129. The first-order valence-corrected chi connectivity index (χ1v) is 8.94. The van der Waals surface area contributed by atoms with Crippen LogP contribution < -0.4 is 14.8 Å². The first-order valence-electron chi connectivity index (χ1n) is 8.56. The van der Waals surface area contributed by atoms with Crippen molar-refractivity contribution in [2.45, 2.75) is 13.3 Å². The van der Waals surface area contributed by atoms with E-state index in [1.807, 2.05) is 0 Å². The number of methoxy groups -OCH3 is 1. The summed E-state index contributed by atoms with van der Waals surface area (Å²) in [7, 11) is 1.60. The summed E-state index contributed by atoms with van der Waals surface area (Å²) in [5.41, 5.74) is 0.557. The Balaban J connectivity index is 1.78. The lowest BCUT2D eigenvalue weighted by Crippen LogP contribution is -2.35. The summed E-state index contributed by atoms with van der Waals surface area (Å²) in [6.45, 7) is 2.50. The number of halogens is 1. The Hall–Kier alpha value is -2.73. The summed E-state index contributed by atoms with van der Waals surface area (Å²) < 4.78 is 10.7. The average molecular weight is 391 g/mol. The van der Waals surface area contributed by atoms with Crippen molar-refractivity contribution in [1.82, 2.24) is 4.90 Å². The number of hydrogen-bond donors (Lipinski definition) is 1. The van der Waals surface area contributed by atoms with Crippen LogP contribution in [0.3, 0.4) is 0 Å². The fourth-order valence-electron chi connectivity index (χ4n) is 2.38. The van der Waals surface area contributed by atoms with E-state index in [9.17, 15) is 9.59 Å². The fourth-order valence-corrected chi connectivity index (χ4v) is 2.57. The van der Waals surface area contributed by atoms with Crippen molar-refractivity contribution in [3.63, 3.8) is 0 Å². The van der Waals surface area contributed by atoms with Gasteiger partial charge < -0.3 is 19.7 Å². The number of amides is 2. The Morgan fingerprint density at radius 1 is 1.04 bits per heavy atom. The van der Waals surface area contributed by atoms with E-state index in [0.29, 0.717) is 36.2 Å². The van der Waals surface area contributed by atoms with Crippen LogP contribution in [0.1, 0.15) is 13.3 Å². The molecule has 144 valence electrons. The summed E-state index contributed by atoms with van der Waals surface area (Å²) in [5.74, 6) is 1.12. The van der Waals surface area contributed by atoms with E-state index in [4.69, 9.17) is 21.1 Å². The molecule has 0 bridgehead atoms. The third-order valence-corrected chi connectivity index (χ3v) is 4.22. The lowest BCUT2D eigenvalue weighted by Gasteiger charge is -2.21. The minimum atomic E-state index is -0.203. The molecule has 0 saturated carbocycles. The van der Waals surface area contributed by atoms with Gasteiger partial charge in [0.05, 0.1) is 24.4 Å². The first kappa shape index (κ1) is 20.6. The monoisotopic (exact) mass is 390 g/mol. The Morgan fingerprint density at radius 3 is 2.33 bits per heavy atom. The van der Waals surface area contributed by atoms with Crippen LogP contribution >= 0.6 is 11.6 Å². The summed E-state index contributed by atoms with van der Waals surface area (Å²) in [5, 5.41) is 3.22. The Kier molecular flexibility index (Phi) is 7.95. The van der Waals surface area contributed by atoms with Gasteiger partial charge in [0, 0.05) is 19.9 Å². The molecule has 2 amide bonds. The number of nitrogens with zero attached hydrogens (tertiary/aromatic N) is 1. The summed E-state index contributed by atoms with van der Waals surface area (Å²) in [6, 6.07) is 14.2. The smallest absolute Gasteiger partial charge is 0.226 e. The number of anilines is 1. The highest BCUT2D eigenvalue weighted by molar-refractivity contribution is 6.33. The second-order valence-corrected chi connectivity index (χ2v) is 6.22. The maximum absolute atomic E-state index is 12.1. The number of hydrogen-bond acceptors (Lipinski definition) is 4. The molecule has 6 nitrogen and oxygen atoms in total. The molecule has 0 radical (unpaired) electrons. The van der Waals surface area contributed by atoms with Crippen LogP contribution in [0, 0.1) is 0 Å². The molecule has 0 aliphatic rings. The number of nitrogens with one attached hydrogen (secondary N) is 1. The van der Waals surface area contributed by atoms with E-state index in [0.717, 1.165) is 5.75 Å². The largest absolute Gasteiger partial charge is 0.497 e. The summed E-state index contributed by atoms with van der Waals surface area (Å²) >= 11 is 6.02. The standard InChI is InChI=1S/C20H23ClN2O4/c1-15(24)23(13-14-27-17-9-7-16(26-2)8-10-17)12-11-20(25)22-19-6-4-3-5-18(19)21/h3-10H,11-14H2,1-2H3,(H,22,25). The topological polar surface area (TPSA) is 67.9 Å². The highest BCUT2D eigenvalue weighted by Crippen LogP contribution is 2.20. The lowest BCUT2D eigenvalue weighted by atomic mass is 10.3. The van der Waals surface area contributed by atoms with Gasteiger partial charge in [-0.1, -0.05) is 23.7 Å². The molecule has 2 aromatic carbocycles. The van der Waals surface area contributed by atoms with Crippen molar-refractivity contribution in [3.05, 3.63) is 53.6 Å². The molecule has 0 spiro atoms. The number of ether oxygens (including phenoxy) is 2. The minimum Gasteiger partial charge on any atom is -0.497 e. The number of benzene rings is 2. The quantitative estimate of drug-likeness (QED) is 0.710. The molecule has 0 saturated heterocycles. The molecule has 0 fully saturated rings. The maximum atomic E-state index is 12.1. The zero-order valence-electron chi connectivity index (χ0n) is 15.4. The summed E-state index contributed by atoms with van der Waals surface area (Å²) in [4.78, 5) is 25.5. The van der Waals surface area contributed by atoms with Crippen LogP contribution in [0.25, 0.3) is 0 Å². The molecule has 27 heavy (non-hydrogen) atoms. The first-order chi connectivity index (χ1) is 13.0. The SMILES string of the molecule is COc1ccc(OCCN(CCC(=O)Nc2ccccc2Cl)C(C)=O)cc1. The van der Waals surface area contributed by atoms with E-state index >= 15 is 0 Å². The second kappa shape index (κ2) is 10.4. The van der Waals surface area contributed by atoms with E-state index in [-0.39, 0.29) is 18.2 Å². The van der Waals surface area contributed by atoms with Crippen LogP contribution in [0.2, 0.25) is 5.02 Å². The fraction of sp³-hybridized carbons (Fsp3) is 0.300. The number of carbonyl (C=O) groups excluding carboxylic acids is 2. The van der Waals surface area contributed by atoms with Gasteiger partial charge in [-0.25, -0.2) is 0 Å². The van der Waals surface area contributed by atoms with Crippen molar-refractivity contribution in [2.75, 3.05) is 32.1 Å². The van der Waals surface area contributed by atoms with Crippen molar-refractivity contribution in [2.24, 2.45) is 0 Å². The number of rotatable bonds is 9. The van der Waals surface area contributed by atoms with Gasteiger partial charge in [-0.2, -0.15) is 0 Å². The normalized spacial score (nSPS) is 10.2. The van der Waals surface area contributed by atoms with Crippen molar-refractivity contribution in [1.29, 1.82) is 0 Å². The van der Waals surface area contributed by atoms with Crippen LogP contribution in [0.5, 0.6) is 11.5 Å². The molecule has 0 unspecified atom stereocenters. The molecular formula is C20H23ClN2O4. The zero-order chi connectivity index (χ0) is 19.6. The minimum absolute atomic E-state index is 0.112. The highest BCUT2D eigenvalue weighted by atomic mass is 35.5. The van der Waals surface area contributed by atoms with Gasteiger partial charge in [0.2, 0.25) is 11.8 Å².